The van der Waals surface area contributed by atoms with Crippen LogP contribution in [-0.2, 0) is 9.59 Å². The number of carbonyl (C=O) groups is 2. The van der Waals surface area contributed by atoms with Crippen molar-refractivity contribution >= 4 is 17.4 Å². The van der Waals surface area contributed by atoms with E-state index in [2.05, 4.69) is 6.08 Å². The predicted molar refractivity (Wildman–Crippen MR) is 104 cm³/mol. The lowest BCUT2D eigenvalue weighted by Crippen LogP contribution is -2.47. The van der Waals surface area contributed by atoms with Crippen LogP contribution in [-0.4, -0.2) is 47.8 Å². The highest BCUT2D eigenvalue weighted by Gasteiger charge is 2.34. The van der Waals surface area contributed by atoms with E-state index in [9.17, 15) is 14.0 Å². The molecule has 146 valence electrons. The number of likely N-dealkylation sites (tertiary alicyclic amines) is 1. The van der Waals surface area contributed by atoms with Gasteiger partial charge in [-0.2, -0.15) is 0 Å². The van der Waals surface area contributed by atoms with Crippen molar-refractivity contribution in [2.75, 3.05) is 26.2 Å². The molecule has 0 N–H and O–H groups in total. The Labute approximate surface area is 161 Å². The maximum absolute atomic E-state index is 13.1. The first-order chi connectivity index (χ1) is 12.8. The molecule has 0 radical (unpaired) electrons. The first-order valence-electron chi connectivity index (χ1n) is 9.79. The molecule has 0 spiro atoms. The average Bonchev–Trinajstić information content (AvgIpc) is 2.67. The van der Waals surface area contributed by atoms with Gasteiger partial charge in [0.2, 0.25) is 11.8 Å². The van der Waals surface area contributed by atoms with Gasteiger partial charge < -0.3 is 9.80 Å². The first-order valence-corrected chi connectivity index (χ1v) is 9.79. The summed E-state index contributed by atoms with van der Waals surface area (Å²) in [6.07, 6.45) is 4.35. The minimum atomic E-state index is -0.370. The minimum Gasteiger partial charge on any atom is -0.342 e. The maximum Gasteiger partial charge on any atom is 0.227 e. The van der Waals surface area contributed by atoms with Crippen LogP contribution in [0.2, 0.25) is 0 Å². The van der Waals surface area contributed by atoms with E-state index in [1.54, 1.807) is 12.1 Å². The van der Waals surface area contributed by atoms with Gasteiger partial charge in [0, 0.05) is 37.5 Å². The zero-order valence-electron chi connectivity index (χ0n) is 16.5. The summed E-state index contributed by atoms with van der Waals surface area (Å²) in [7, 11) is 0. The molecule has 0 bridgehead atoms. The number of carbonyl (C=O) groups excluding carboxylic acids is 2. The lowest BCUT2D eigenvalue weighted by Gasteiger charge is -2.37. The number of halogens is 1. The third-order valence-corrected chi connectivity index (χ3v) is 5.51. The SMILES string of the molecule is CC(C)(C)C(=O)N1CCC(C(=O)N2CC=C(c3ccc(F)cc3)CC2)CC1. The van der Waals surface area contributed by atoms with Gasteiger partial charge in [-0.1, -0.05) is 39.0 Å². The number of rotatable bonds is 2. The molecule has 0 atom stereocenters. The van der Waals surface area contributed by atoms with Crippen LogP contribution in [0.3, 0.4) is 0 Å². The molecule has 4 nitrogen and oxygen atoms in total. The second kappa shape index (κ2) is 7.83. The summed E-state index contributed by atoms with van der Waals surface area (Å²) in [4.78, 5) is 29.1. The fourth-order valence-electron chi connectivity index (χ4n) is 3.86. The number of benzene rings is 1. The summed E-state index contributed by atoms with van der Waals surface area (Å²) in [5.74, 6) is 0.142. The lowest BCUT2D eigenvalue weighted by atomic mass is 9.90. The highest BCUT2D eigenvalue weighted by Crippen LogP contribution is 2.27. The number of piperidine rings is 1. The van der Waals surface area contributed by atoms with Crippen molar-refractivity contribution in [2.24, 2.45) is 11.3 Å². The summed E-state index contributed by atoms with van der Waals surface area (Å²) >= 11 is 0. The van der Waals surface area contributed by atoms with Crippen LogP contribution < -0.4 is 0 Å². The molecule has 3 rings (SSSR count). The second-order valence-electron chi connectivity index (χ2n) is 8.59. The summed E-state index contributed by atoms with van der Waals surface area (Å²) in [5, 5.41) is 0. The van der Waals surface area contributed by atoms with Gasteiger partial charge in [-0.15, -0.1) is 0 Å². The Morgan fingerprint density at radius 1 is 1.00 bits per heavy atom. The van der Waals surface area contributed by atoms with E-state index >= 15 is 0 Å². The van der Waals surface area contributed by atoms with Crippen molar-refractivity contribution in [3.63, 3.8) is 0 Å². The zero-order chi connectivity index (χ0) is 19.6. The zero-order valence-corrected chi connectivity index (χ0v) is 16.5. The fourth-order valence-corrected chi connectivity index (χ4v) is 3.86. The van der Waals surface area contributed by atoms with Crippen molar-refractivity contribution in [3.05, 3.63) is 41.7 Å². The summed E-state index contributed by atoms with van der Waals surface area (Å²) in [5.41, 5.74) is 1.83. The van der Waals surface area contributed by atoms with Gasteiger partial charge in [-0.25, -0.2) is 4.39 Å². The Bertz CT molecular complexity index is 726. The molecule has 2 heterocycles. The van der Waals surface area contributed by atoms with E-state index in [1.165, 1.54) is 17.7 Å². The topological polar surface area (TPSA) is 40.6 Å². The minimum absolute atomic E-state index is 0.00906. The van der Waals surface area contributed by atoms with Crippen molar-refractivity contribution in [3.8, 4) is 0 Å². The van der Waals surface area contributed by atoms with E-state index in [1.807, 2.05) is 30.6 Å². The van der Waals surface area contributed by atoms with Crippen molar-refractivity contribution < 1.29 is 14.0 Å². The first kappa shape index (κ1) is 19.6. The van der Waals surface area contributed by atoms with Crippen molar-refractivity contribution in [1.82, 2.24) is 9.80 Å². The third-order valence-electron chi connectivity index (χ3n) is 5.51. The van der Waals surface area contributed by atoms with Gasteiger partial charge in [0.15, 0.2) is 0 Å². The van der Waals surface area contributed by atoms with E-state index in [0.29, 0.717) is 26.2 Å². The van der Waals surface area contributed by atoms with Crippen molar-refractivity contribution in [2.45, 2.75) is 40.0 Å². The molecule has 0 unspecified atom stereocenters. The Kier molecular flexibility index (Phi) is 5.68. The van der Waals surface area contributed by atoms with Crippen LogP contribution in [0, 0.1) is 17.2 Å². The maximum atomic E-state index is 13.1. The number of hydrogen-bond acceptors (Lipinski definition) is 2. The van der Waals surface area contributed by atoms with E-state index < -0.39 is 0 Å². The molecule has 1 aromatic rings. The Morgan fingerprint density at radius 3 is 2.15 bits per heavy atom. The van der Waals surface area contributed by atoms with E-state index in [0.717, 1.165) is 24.8 Å². The largest absolute Gasteiger partial charge is 0.342 e. The Hall–Kier alpha value is -2.17. The highest BCUT2D eigenvalue weighted by molar-refractivity contribution is 5.83. The van der Waals surface area contributed by atoms with Gasteiger partial charge in [0.25, 0.3) is 0 Å². The van der Waals surface area contributed by atoms with Gasteiger partial charge in [0.1, 0.15) is 5.82 Å². The standard InChI is InChI=1S/C22H29FN2O2/c1-22(2,3)21(27)25-14-10-18(11-15-25)20(26)24-12-8-17(9-13-24)16-4-6-19(23)7-5-16/h4-8,18H,9-15H2,1-3H3. The highest BCUT2D eigenvalue weighted by atomic mass is 19.1. The number of nitrogens with zero attached hydrogens (tertiary/aromatic N) is 2. The second-order valence-corrected chi connectivity index (χ2v) is 8.59. The van der Waals surface area contributed by atoms with Gasteiger partial charge in [0.05, 0.1) is 0 Å². The van der Waals surface area contributed by atoms with E-state index in [-0.39, 0.29) is 29.0 Å². The number of amides is 2. The van der Waals surface area contributed by atoms with Crippen LogP contribution in [0.1, 0.15) is 45.6 Å². The third kappa shape index (κ3) is 4.57. The molecule has 5 heteroatoms. The molecule has 1 aromatic carbocycles. The summed E-state index contributed by atoms with van der Waals surface area (Å²) in [6, 6.07) is 6.53. The van der Waals surface area contributed by atoms with Gasteiger partial charge in [-0.05, 0) is 42.5 Å². The molecule has 2 aliphatic rings. The molecule has 2 amide bonds. The molecule has 1 fully saturated rings. The van der Waals surface area contributed by atoms with E-state index in [4.69, 9.17) is 0 Å². The van der Waals surface area contributed by atoms with Gasteiger partial charge >= 0.3 is 0 Å². The fraction of sp³-hybridized carbons (Fsp3) is 0.545. The molecule has 0 saturated carbocycles. The van der Waals surface area contributed by atoms with Crippen LogP contribution in [0.4, 0.5) is 4.39 Å². The monoisotopic (exact) mass is 372 g/mol. The average molecular weight is 372 g/mol. The summed E-state index contributed by atoms with van der Waals surface area (Å²) < 4.78 is 13.1. The molecular formula is C22H29FN2O2. The molecule has 0 aliphatic carbocycles. The molecule has 0 aromatic heterocycles. The van der Waals surface area contributed by atoms with Crippen LogP contribution in [0.15, 0.2) is 30.3 Å². The summed E-state index contributed by atoms with van der Waals surface area (Å²) in [6.45, 7) is 8.44. The molecule has 27 heavy (non-hydrogen) atoms. The number of hydrogen-bond donors (Lipinski definition) is 0. The molecule has 2 aliphatic heterocycles. The Balaban J connectivity index is 1.54. The van der Waals surface area contributed by atoms with Crippen LogP contribution in [0.5, 0.6) is 0 Å². The lowest BCUT2D eigenvalue weighted by molar-refractivity contribution is -0.144. The quantitative estimate of drug-likeness (QED) is 0.794. The smallest absolute Gasteiger partial charge is 0.227 e. The van der Waals surface area contributed by atoms with Crippen LogP contribution in [0.25, 0.3) is 5.57 Å². The Morgan fingerprint density at radius 2 is 1.63 bits per heavy atom. The molecular weight excluding hydrogens is 343 g/mol. The molecule has 1 saturated heterocycles. The van der Waals surface area contributed by atoms with Crippen LogP contribution >= 0.6 is 0 Å². The predicted octanol–water partition coefficient (Wildman–Crippen LogP) is 3.73. The van der Waals surface area contributed by atoms with Crippen molar-refractivity contribution in [1.29, 1.82) is 0 Å². The normalized spacial score (nSPS) is 19.0. The van der Waals surface area contributed by atoms with Gasteiger partial charge in [-0.3, -0.25) is 9.59 Å².